The number of isocyanates is 1. The largest absolute Gasteiger partial charge is 0.261 e. The number of hydrogen-bond donors (Lipinski definition) is 1. The highest BCUT2D eigenvalue weighted by atomic mass is 16.1. The zero-order valence-electron chi connectivity index (χ0n) is 5.74. The summed E-state index contributed by atoms with van der Waals surface area (Å²) in [5, 5.41) is 6.38. The van der Waals surface area contributed by atoms with Crippen LogP contribution in [0.4, 0.5) is 0 Å². The van der Waals surface area contributed by atoms with Gasteiger partial charge in [0, 0.05) is 0 Å². The lowest BCUT2D eigenvalue weighted by Crippen LogP contribution is -2.04. The summed E-state index contributed by atoms with van der Waals surface area (Å²) in [5.41, 5.74) is -0.405. The second-order valence-corrected chi connectivity index (χ2v) is 2.57. The summed E-state index contributed by atoms with van der Waals surface area (Å²) in [5.74, 6) is 0.667. The van der Waals surface area contributed by atoms with E-state index >= 15 is 0 Å². The van der Waals surface area contributed by atoms with Crippen LogP contribution in [0.2, 0.25) is 0 Å². The first kappa shape index (κ1) is 6.24. The van der Waals surface area contributed by atoms with Gasteiger partial charge >= 0.3 is 0 Å². The quantitative estimate of drug-likeness (QED) is 0.481. The number of nitrogens with zero attached hydrogens (tertiary/aromatic N) is 3. The first-order valence-corrected chi connectivity index (χ1v) is 3.32. The van der Waals surface area contributed by atoms with Gasteiger partial charge in [-0.15, -0.1) is 0 Å². The molecular formula is C6H6N4O. The number of H-pyrrole nitrogens is 1. The van der Waals surface area contributed by atoms with Gasteiger partial charge in [-0.05, 0) is 12.8 Å². The Labute approximate surface area is 62.6 Å². The summed E-state index contributed by atoms with van der Waals surface area (Å²) in [4.78, 5) is 17.6. The summed E-state index contributed by atoms with van der Waals surface area (Å²) in [6.07, 6.45) is 4.68. The zero-order valence-corrected chi connectivity index (χ0v) is 5.74. The Bertz CT molecular complexity index is 294. The van der Waals surface area contributed by atoms with Gasteiger partial charge < -0.3 is 0 Å². The molecule has 1 aliphatic carbocycles. The molecule has 5 nitrogen and oxygen atoms in total. The topological polar surface area (TPSA) is 71.0 Å². The summed E-state index contributed by atoms with van der Waals surface area (Å²) in [7, 11) is 0. The third-order valence-electron chi connectivity index (χ3n) is 1.84. The molecule has 0 amide bonds. The number of rotatable bonds is 2. The third-order valence-corrected chi connectivity index (χ3v) is 1.84. The highest BCUT2D eigenvalue weighted by molar-refractivity contribution is 5.37. The number of nitrogens with one attached hydrogen (secondary N) is 1. The van der Waals surface area contributed by atoms with Crippen LogP contribution in [0.25, 0.3) is 0 Å². The molecule has 0 bridgehead atoms. The van der Waals surface area contributed by atoms with Crippen LogP contribution in [-0.4, -0.2) is 21.3 Å². The number of aromatic amines is 1. The molecule has 0 saturated heterocycles. The summed E-state index contributed by atoms with van der Waals surface area (Å²) >= 11 is 0. The van der Waals surface area contributed by atoms with E-state index in [0.717, 1.165) is 12.8 Å². The molecule has 1 fully saturated rings. The lowest BCUT2D eigenvalue weighted by atomic mass is 10.3. The maximum Gasteiger partial charge on any atom is 0.235 e. The van der Waals surface area contributed by atoms with Crippen molar-refractivity contribution < 1.29 is 4.79 Å². The van der Waals surface area contributed by atoms with Crippen molar-refractivity contribution in [1.29, 1.82) is 0 Å². The molecular weight excluding hydrogens is 144 g/mol. The van der Waals surface area contributed by atoms with Crippen LogP contribution in [-0.2, 0) is 10.3 Å². The lowest BCUT2D eigenvalue weighted by molar-refractivity contribution is 0.553. The molecule has 0 atom stereocenters. The minimum absolute atomic E-state index is 0.405. The Morgan fingerprint density at radius 2 is 2.55 bits per heavy atom. The standard InChI is InChI=1S/C6H6N4O/c11-4-8-6(1-2-6)5-7-3-9-10-5/h3H,1-2H2,(H,7,9,10). The Morgan fingerprint density at radius 3 is 3.00 bits per heavy atom. The van der Waals surface area contributed by atoms with Crippen molar-refractivity contribution >= 4 is 6.08 Å². The molecule has 1 heterocycles. The van der Waals surface area contributed by atoms with E-state index in [1.807, 2.05) is 0 Å². The van der Waals surface area contributed by atoms with Gasteiger partial charge in [0.05, 0.1) is 0 Å². The van der Waals surface area contributed by atoms with E-state index in [2.05, 4.69) is 20.2 Å². The third kappa shape index (κ3) is 0.860. The van der Waals surface area contributed by atoms with Crippen molar-refractivity contribution in [2.45, 2.75) is 18.4 Å². The fourth-order valence-corrected chi connectivity index (χ4v) is 1.04. The minimum atomic E-state index is -0.405. The monoisotopic (exact) mass is 150 g/mol. The van der Waals surface area contributed by atoms with Crippen LogP contribution in [0.15, 0.2) is 11.3 Å². The smallest absolute Gasteiger partial charge is 0.235 e. The van der Waals surface area contributed by atoms with Crippen molar-refractivity contribution in [3.05, 3.63) is 12.2 Å². The molecule has 0 radical (unpaired) electrons. The van der Waals surface area contributed by atoms with Gasteiger partial charge in [0.25, 0.3) is 0 Å². The summed E-state index contributed by atoms with van der Waals surface area (Å²) < 4.78 is 0. The highest BCUT2D eigenvalue weighted by Crippen LogP contribution is 2.47. The molecule has 0 unspecified atom stereocenters. The van der Waals surface area contributed by atoms with E-state index in [4.69, 9.17) is 0 Å². The SMILES string of the molecule is O=C=NC1(c2ncn[nH]2)CC1. The van der Waals surface area contributed by atoms with Crippen LogP contribution in [0.3, 0.4) is 0 Å². The average Bonchev–Trinajstić information content (AvgIpc) is 2.63. The molecule has 56 valence electrons. The van der Waals surface area contributed by atoms with Gasteiger partial charge in [0.15, 0.2) is 5.82 Å². The van der Waals surface area contributed by atoms with Gasteiger partial charge in [0.2, 0.25) is 6.08 Å². The molecule has 1 aliphatic rings. The lowest BCUT2D eigenvalue weighted by Gasteiger charge is -1.99. The number of aromatic nitrogens is 3. The Morgan fingerprint density at radius 1 is 1.73 bits per heavy atom. The van der Waals surface area contributed by atoms with E-state index in [9.17, 15) is 4.79 Å². The molecule has 0 aromatic carbocycles. The van der Waals surface area contributed by atoms with Crippen molar-refractivity contribution in [2.24, 2.45) is 4.99 Å². The van der Waals surface area contributed by atoms with E-state index in [0.29, 0.717) is 5.82 Å². The number of carbonyl (C=O) groups excluding carboxylic acids is 1. The average molecular weight is 150 g/mol. The Balaban J connectivity index is 2.35. The summed E-state index contributed by atoms with van der Waals surface area (Å²) in [6.45, 7) is 0. The van der Waals surface area contributed by atoms with Gasteiger partial charge in [-0.3, -0.25) is 5.10 Å². The first-order chi connectivity index (χ1) is 5.37. The molecule has 11 heavy (non-hydrogen) atoms. The fraction of sp³-hybridized carbons (Fsp3) is 0.500. The van der Waals surface area contributed by atoms with Crippen LogP contribution in [0.1, 0.15) is 18.7 Å². The van der Waals surface area contributed by atoms with E-state index < -0.39 is 5.54 Å². The van der Waals surface area contributed by atoms with Gasteiger partial charge in [-0.1, -0.05) is 0 Å². The first-order valence-electron chi connectivity index (χ1n) is 3.32. The molecule has 1 aromatic heterocycles. The van der Waals surface area contributed by atoms with Gasteiger partial charge in [-0.2, -0.15) is 10.1 Å². The maximum absolute atomic E-state index is 10.0. The maximum atomic E-state index is 10.0. The van der Waals surface area contributed by atoms with Crippen molar-refractivity contribution in [2.75, 3.05) is 0 Å². The van der Waals surface area contributed by atoms with E-state index in [-0.39, 0.29) is 0 Å². The van der Waals surface area contributed by atoms with Crippen molar-refractivity contribution in [3.63, 3.8) is 0 Å². The van der Waals surface area contributed by atoms with Crippen LogP contribution < -0.4 is 0 Å². The van der Waals surface area contributed by atoms with Crippen LogP contribution in [0.5, 0.6) is 0 Å². The number of hydrogen-bond acceptors (Lipinski definition) is 4. The fourth-order valence-electron chi connectivity index (χ4n) is 1.04. The van der Waals surface area contributed by atoms with Crippen molar-refractivity contribution in [3.8, 4) is 0 Å². The van der Waals surface area contributed by atoms with Crippen LogP contribution >= 0.6 is 0 Å². The molecule has 1 saturated carbocycles. The molecule has 5 heteroatoms. The second-order valence-electron chi connectivity index (χ2n) is 2.57. The predicted molar refractivity (Wildman–Crippen MR) is 35.4 cm³/mol. The molecule has 0 spiro atoms. The van der Waals surface area contributed by atoms with Gasteiger partial charge in [-0.25, -0.2) is 9.78 Å². The van der Waals surface area contributed by atoms with E-state index in [1.165, 1.54) is 6.33 Å². The predicted octanol–water partition coefficient (Wildman–Crippen LogP) is 0.130. The molecule has 2 rings (SSSR count). The van der Waals surface area contributed by atoms with E-state index in [1.54, 1.807) is 6.08 Å². The summed E-state index contributed by atoms with van der Waals surface area (Å²) in [6, 6.07) is 0. The second kappa shape index (κ2) is 2.00. The number of aliphatic imine (C=N–C) groups is 1. The Kier molecular flexibility index (Phi) is 1.14. The minimum Gasteiger partial charge on any atom is -0.261 e. The Hall–Kier alpha value is -1.48. The normalized spacial score (nSPS) is 18.9. The van der Waals surface area contributed by atoms with Gasteiger partial charge in [0.1, 0.15) is 11.9 Å². The molecule has 1 N–H and O–H groups in total. The zero-order chi connectivity index (χ0) is 7.73. The van der Waals surface area contributed by atoms with Crippen molar-refractivity contribution in [1.82, 2.24) is 15.2 Å². The molecule has 0 aliphatic heterocycles. The highest BCUT2D eigenvalue weighted by Gasteiger charge is 2.47. The van der Waals surface area contributed by atoms with Crippen LogP contribution in [0, 0.1) is 0 Å². The molecule has 1 aromatic rings.